The van der Waals surface area contributed by atoms with E-state index >= 15 is 0 Å². The molecule has 0 amide bonds. The minimum atomic E-state index is 0.586. The Morgan fingerprint density at radius 1 is 1.60 bits per heavy atom. The molecule has 0 radical (unpaired) electrons. The summed E-state index contributed by atoms with van der Waals surface area (Å²) < 4.78 is 3.15. The SMILES string of the molecule is Nc1cn2cc(I)sc2n1. The third-order valence-electron chi connectivity index (χ3n) is 1.15. The predicted octanol–water partition coefficient (Wildman–Crippen LogP) is 1.58. The zero-order chi connectivity index (χ0) is 7.14. The molecule has 5 heteroatoms. The first kappa shape index (κ1) is 6.41. The summed E-state index contributed by atoms with van der Waals surface area (Å²) in [6.07, 6.45) is 3.82. The van der Waals surface area contributed by atoms with Crippen molar-refractivity contribution in [2.24, 2.45) is 0 Å². The van der Waals surface area contributed by atoms with Crippen LogP contribution in [0, 0.1) is 2.88 Å². The van der Waals surface area contributed by atoms with Crippen molar-refractivity contribution >= 4 is 44.7 Å². The summed E-state index contributed by atoms with van der Waals surface area (Å²) in [5, 5.41) is 0. The van der Waals surface area contributed by atoms with Crippen molar-refractivity contribution in [3.8, 4) is 0 Å². The van der Waals surface area contributed by atoms with Crippen LogP contribution in [-0.4, -0.2) is 9.38 Å². The smallest absolute Gasteiger partial charge is 0.196 e. The van der Waals surface area contributed by atoms with E-state index in [4.69, 9.17) is 5.73 Å². The van der Waals surface area contributed by atoms with E-state index in [1.807, 2.05) is 16.8 Å². The molecule has 2 aromatic heterocycles. The Morgan fingerprint density at radius 3 is 3.10 bits per heavy atom. The fourth-order valence-electron chi connectivity index (χ4n) is 0.786. The van der Waals surface area contributed by atoms with Crippen LogP contribution in [0.15, 0.2) is 12.4 Å². The Balaban J connectivity index is 2.83. The van der Waals surface area contributed by atoms with Gasteiger partial charge in [-0.3, -0.25) is 4.40 Å². The van der Waals surface area contributed by atoms with Gasteiger partial charge in [-0.1, -0.05) is 11.3 Å². The topological polar surface area (TPSA) is 43.3 Å². The van der Waals surface area contributed by atoms with Gasteiger partial charge < -0.3 is 5.73 Å². The predicted molar refractivity (Wildman–Crippen MR) is 50.2 cm³/mol. The second kappa shape index (κ2) is 2.09. The van der Waals surface area contributed by atoms with E-state index in [1.54, 1.807) is 11.3 Å². The Bertz CT molecular complexity index is 301. The molecule has 0 unspecified atom stereocenters. The van der Waals surface area contributed by atoms with Crippen molar-refractivity contribution in [1.29, 1.82) is 0 Å². The van der Waals surface area contributed by atoms with E-state index in [1.165, 1.54) is 2.88 Å². The molecule has 2 rings (SSSR count). The molecule has 0 aliphatic carbocycles. The second-order valence-electron chi connectivity index (χ2n) is 1.89. The van der Waals surface area contributed by atoms with Crippen LogP contribution in [0.2, 0.25) is 0 Å². The first-order valence-electron chi connectivity index (χ1n) is 2.65. The number of hydrogen-bond acceptors (Lipinski definition) is 3. The first-order chi connectivity index (χ1) is 4.75. The number of rotatable bonds is 0. The highest BCUT2D eigenvalue weighted by Gasteiger charge is 2.00. The normalized spacial score (nSPS) is 10.9. The van der Waals surface area contributed by atoms with Crippen molar-refractivity contribution in [3.63, 3.8) is 0 Å². The van der Waals surface area contributed by atoms with Crippen molar-refractivity contribution in [2.45, 2.75) is 0 Å². The zero-order valence-corrected chi connectivity index (χ0v) is 7.89. The molecule has 0 aliphatic rings. The number of thiazole rings is 1. The van der Waals surface area contributed by atoms with Gasteiger partial charge in [0.05, 0.1) is 9.08 Å². The molecule has 2 aromatic rings. The molecule has 2 heterocycles. The minimum Gasteiger partial charge on any atom is -0.382 e. The van der Waals surface area contributed by atoms with E-state index in [-0.39, 0.29) is 0 Å². The number of nitrogens with zero attached hydrogens (tertiary/aromatic N) is 2. The molecule has 0 spiro atoms. The van der Waals surface area contributed by atoms with Gasteiger partial charge in [0.25, 0.3) is 0 Å². The number of nitrogen functional groups attached to an aromatic ring is 1. The maximum Gasteiger partial charge on any atom is 0.196 e. The van der Waals surface area contributed by atoms with E-state index < -0.39 is 0 Å². The van der Waals surface area contributed by atoms with Crippen LogP contribution in [0.1, 0.15) is 0 Å². The second-order valence-corrected chi connectivity index (χ2v) is 4.79. The molecule has 2 N–H and O–H groups in total. The standard InChI is InChI=1S/C5H4IN3S/c6-3-1-9-2-4(7)8-5(9)10-3/h1-2H,7H2. The largest absolute Gasteiger partial charge is 0.382 e. The summed E-state index contributed by atoms with van der Waals surface area (Å²) in [6.45, 7) is 0. The van der Waals surface area contributed by atoms with E-state index in [9.17, 15) is 0 Å². The average molecular weight is 265 g/mol. The lowest BCUT2D eigenvalue weighted by Gasteiger charge is -1.74. The van der Waals surface area contributed by atoms with E-state index in [0.717, 1.165) is 4.96 Å². The number of anilines is 1. The van der Waals surface area contributed by atoms with Crippen molar-refractivity contribution in [1.82, 2.24) is 9.38 Å². The highest BCUT2D eigenvalue weighted by Crippen LogP contribution is 2.19. The van der Waals surface area contributed by atoms with Crippen LogP contribution in [-0.2, 0) is 0 Å². The van der Waals surface area contributed by atoms with Gasteiger partial charge in [-0.15, -0.1) is 0 Å². The summed E-state index contributed by atoms with van der Waals surface area (Å²) in [5.41, 5.74) is 5.46. The molecule has 0 bridgehead atoms. The lowest BCUT2D eigenvalue weighted by Crippen LogP contribution is -1.80. The van der Waals surface area contributed by atoms with Crippen molar-refractivity contribution < 1.29 is 0 Å². The molecule has 3 nitrogen and oxygen atoms in total. The van der Waals surface area contributed by atoms with Crippen molar-refractivity contribution in [3.05, 3.63) is 15.3 Å². The fraction of sp³-hybridized carbons (Fsp3) is 0. The molecule has 0 fully saturated rings. The highest BCUT2D eigenvalue weighted by atomic mass is 127. The number of imidazole rings is 1. The van der Waals surface area contributed by atoms with Gasteiger partial charge in [-0.05, 0) is 22.6 Å². The summed E-state index contributed by atoms with van der Waals surface area (Å²) in [7, 11) is 0. The average Bonchev–Trinajstić information content (AvgIpc) is 2.21. The molecule has 0 saturated carbocycles. The van der Waals surface area contributed by atoms with Crippen LogP contribution in [0.5, 0.6) is 0 Å². The molecular formula is C5H4IN3S. The third-order valence-corrected chi connectivity index (χ3v) is 2.87. The van der Waals surface area contributed by atoms with E-state index in [2.05, 4.69) is 27.6 Å². The molecule has 10 heavy (non-hydrogen) atoms. The minimum absolute atomic E-state index is 0.586. The monoisotopic (exact) mass is 265 g/mol. The Morgan fingerprint density at radius 2 is 2.40 bits per heavy atom. The van der Waals surface area contributed by atoms with Crippen LogP contribution < -0.4 is 5.73 Å². The maximum absolute atomic E-state index is 5.46. The Kier molecular flexibility index (Phi) is 1.34. The first-order valence-corrected chi connectivity index (χ1v) is 4.55. The van der Waals surface area contributed by atoms with Crippen LogP contribution in [0.3, 0.4) is 0 Å². The third kappa shape index (κ3) is 0.891. The number of halogens is 1. The molecule has 0 saturated heterocycles. The molecule has 0 aromatic carbocycles. The Labute approximate surface area is 75.0 Å². The van der Waals surface area contributed by atoms with Gasteiger partial charge >= 0.3 is 0 Å². The quantitative estimate of drug-likeness (QED) is 0.735. The van der Waals surface area contributed by atoms with Gasteiger partial charge in [0, 0.05) is 6.20 Å². The lowest BCUT2D eigenvalue weighted by atomic mass is 10.8. The summed E-state index contributed by atoms with van der Waals surface area (Å²) in [5.74, 6) is 0.586. The van der Waals surface area contributed by atoms with Gasteiger partial charge in [0.1, 0.15) is 5.82 Å². The van der Waals surface area contributed by atoms with Gasteiger partial charge in [0.15, 0.2) is 4.96 Å². The van der Waals surface area contributed by atoms with Crippen LogP contribution in [0.4, 0.5) is 5.82 Å². The summed E-state index contributed by atoms with van der Waals surface area (Å²) in [4.78, 5) is 5.05. The molecule has 0 atom stereocenters. The number of fused-ring (bicyclic) bond motifs is 1. The Hall–Kier alpha value is -0.300. The van der Waals surface area contributed by atoms with Gasteiger partial charge in [-0.2, -0.15) is 0 Å². The van der Waals surface area contributed by atoms with Crippen molar-refractivity contribution in [2.75, 3.05) is 5.73 Å². The molecule has 0 aliphatic heterocycles. The van der Waals surface area contributed by atoms with Crippen LogP contribution in [0.25, 0.3) is 4.96 Å². The van der Waals surface area contributed by atoms with Gasteiger partial charge in [-0.25, -0.2) is 4.98 Å². The highest BCUT2D eigenvalue weighted by molar-refractivity contribution is 14.1. The lowest BCUT2D eigenvalue weighted by molar-refractivity contribution is 1.23. The van der Waals surface area contributed by atoms with Gasteiger partial charge in [0.2, 0.25) is 0 Å². The number of nitrogens with two attached hydrogens (primary N) is 1. The maximum atomic E-state index is 5.46. The number of hydrogen-bond donors (Lipinski definition) is 1. The summed E-state index contributed by atoms with van der Waals surface area (Å²) >= 11 is 3.89. The molecule has 52 valence electrons. The summed E-state index contributed by atoms with van der Waals surface area (Å²) in [6, 6.07) is 0. The van der Waals surface area contributed by atoms with E-state index in [0.29, 0.717) is 5.82 Å². The fourth-order valence-corrected chi connectivity index (χ4v) is 2.38. The number of aromatic nitrogens is 2. The molecular weight excluding hydrogens is 261 g/mol. The zero-order valence-electron chi connectivity index (χ0n) is 4.91. The van der Waals surface area contributed by atoms with Crippen LogP contribution >= 0.6 is 33.9 Å².